The molecule has 26 heavy (non-hydrogen) atoms. The maximum absolute atomic E-state index is 5.86. The molecule has 0 spiro atoms. The molecule has 5 nitrogen and oxygen atoms in total. The van der Waals surface area contributed by atoms with Crippen LogP contribution >= 0.6 is 12.4 Å². The Bertz CT molecular complexity index is 648. The van der Waals surface area contributed by atoms with E-state index in [0.717, 1.165) is 23.5 Å². The zero-order valence-corrected chi connectivity index (χ0v) is 16.4. The smallest absolute Gasteiger partial charge is 0.217 e. The summed E-state index contributed by atoms with van der Waals surface area (Å²) in [5, 5.41) is 0. The van der Waals surface area contributed by atoms with Crippen LogP contribution in [0.15, 0.2) is 30.6 Å². The molecule has 0 aromatic carbocycles. The van der Waals surface area contributed by atoms with Gasteiger partial charge in [0.25, 0.3) is 0 Å². The molecule has 0 aliphatic carbocycles. The van der Waals surface area contributed by atoms with Crippen LogP contribution in [0, 0.1) is 6.92 Å². The summed E-state index contributed by atoms with van der Waals surface area (Å²) < 4.78 is 5.86. The monoisotopic (exact) mass is 376 g/mol. The minimum atomic E-state index is 0. The number of pyridine rings is 1. The van der Waals surface area contributed by atoms with Gasteiger partial charge < -0.3 is 9.64 Å². The minimum Gasteiger partial charge on any atom is -0.478 e. The Kier molecular flexibility index (Phi) is 8.78. The molecule has 1 fully saturated rings. The van der Waals surface area contributed by atoms with Gasteiger partial charge in [-0.2, -0.15) is 4.98 Å². The van der Waals surface area contributed by atoms with Crippen molar-refractivity contribution < 1.29 is 4.74 Å². The van der Waals surface area contributed by atoms with Crippen molar-refractivity contribution in [1.82, 2.24) is 19.9 Å². The first-order valence-corrected chi connectivity index (χ1v) is 9.42. The Hall–Kier alpha value is -1.72. The van der Waals surface area contributed by atoms with Gasteiger partial charge in [-0.15, -0.1) is 12.4 Å². The predicted octanol–water partition coefficient (Wildman–Crippen LogP) is 4.30. The molecular weight excluding hydrogens is 348 g/mol. The number of likely N-dealkylation sites (tertiary alicyclic amines) is 1. The Balaban J connectivity index is 0.00000243. The van der Waals surface area contributed by atoms with Crippen molar-refractivity contribution in [3.63, 3.8) is 0 Å². The van der Waals surface area contributed by atoms with Gasteiger partial charge in [0.15, 0.2) is 0 Å². The summed E-state index contributed by atoms with van der Waals surface area (Å²) in [4.78, 5) is 15.5. The van der Waals surface area contributed by atoms with Gasteiger partial charge in [0, 0.05) is 24.0 Å². The first kappa shape index (κ1) is 20.6. The van der Waals surface area contributed by atoms with Crippen molar-refractivity contribution in [2.45, 2.75) is 45.4 Å². The Morgan fingerprint density at radius 2 is 1.77 bits per heavy atom. The van der Waals surface area contributed by atoms with Gasteiger partial charge in [0.05, 0.1) is 12.3 Å². The van der Waals surface area contributed by atoms with Crippen LogP contribution < -0.4 is 4.74 Å². The highest BCUT2D eigenvalue weighted by Crippen LogP contribution is 2.20. The standard InChI is InChI=1S/C20H28N4O.ClH/c1-17-22-19(18-8-10-21-11-9-18)16-20(23-17)25-15-7-3-6-14-24-12-4-2-5-13-24;/h8-11,16H,2-7,12-15H2,1H3;1H. The fourth-order valence-corrected chi connectivity index (χ4v) is 3.26. The van der Waals surface area contributed by atoms with E-state index in [2.05, 4.69) is 19.9 Å². The van der Waals surface area contributed by atoms with Crippen LogP contribution in [-0.2, 0) is 0 Å². The van der Waals surface area contributed by atoms with E-state index in [1.54, 1.807) is 12.4 Å². The molecule has 0 atom stereocenters. The Morgan fingerprint density at radius 1 is 1.00 bits per heavy atom. The van der Waals surface area contributed by atoms with Crippen LogP contribution in [0.1, 0.15) is 44.3 Å². The molecule has 0 amide bonds. The van der Waals surface area contributed by atoms with Gasteiger partial charge in [-0.1, -0.05) is 6.42 Å². The van der Waals surface area contributed by atoms with E-state index in [1.165, 1.54) is 51.7 Å². The molecule has 0 unspecified atom stereocenters. The number of piperidine rings is 1. The maximum Gasteiger partial charge on any atom is 0.217 e. The number of rotatable bonds is 8. The van der Waals surface area contributed by atoms with E-state index in [0.29, 0.717) is 12.5 Å². The van der Waals surface area contributed by atoms with E-state index in [9.17, 15) is 0 Å². The molecule has 2 aromatic heterocycles. The summed E-state index contributed by atoms with van der Waals surface area (Å²) >= 11 is 0. The van der Waals surface area contributed by atoms with Crippen molar-refractivity contribution in [3.05, 3.63) is 36.4 Å². The van der Waals surface area contributed by atoms with Crippen LogP contribution in [-0.4, -0.2) is 46.1 Å². The van der Waals surface area contributed by atoms with E-state index < -0.39 is 0 Å². The molecular formula is C20H29ClN4O. The Morgan fingerprint density at radius 3 is 2.54 bits per heavy atom. The lowest BCUT2D eigenvalue weighted by Gasteiger charge is -2.26. The third kappa shape index (κ3) is 6.54. The molecule has 0 radical (unpaired) electrons. The molecule has 1 aliphatic rings. The number of aromatic nitrogens is 3. The van der Waals surface area contributed by atoms with Crippen LogP contribution in [0.25, 0.3) is 11.3 Å². The second-order valence-corrected chi connectivity index (χ2v) is 6.69. The lowest BCUT2D eigenvalue weighted by Crippen LogP contribution is -2.30. The fourth-order valence-electron chi connectivity index (χ4n) is 3.26. The van der Waals surface area contributed by atoms with Crippen molar-refractivity contribution in [2.24, 2.45) is 0 Å². The third-order valence-corrected chi connectivity index (χ3v) is 4.61. The quantitative estimate of drug-likeness (QED) is 0.643. The molecule has 0 N–H and O–H groups in total. The van der Waals surface area contributed by atoms with Crippen LogP contribution in [0.4, 0.5) is 0 Å². The summed E-state index contributed by atoms with van der Waals surface area (Å²) in [6, 6.07) is 5.81. The predicted molar refractivity (Wildman–Crippen MR) is 107 cm³/mol. The average molecular weight is 377 g/mol. The van der Waals surface area contributed by atoms with Crippen molar-refractivity contribution in [2.75, 3.05) is 26.2 Å². The van der Waals surface area contributed by atoms with Gasteiger partial charge in [0.1, 0.15) is 5.82 Å². The van der Waals surface area contributed by atoms with Gasteiger partial charge >= 0.3 is 0 Å². The van der Waals surface area contributed by atoms with Gasteiger partial charge in [-0.05, 0) is 70.8 Å². The third-order valence-electron chi connectivity index (χ3n) is 4.61. The average Bonchev–Trinajstić information content (AvgIpc) is 2.66. The summed E-state index contributed by atoms with van der Waals surface area (Å²) in [6.45, 7) is 6.42. The zero-order valence-electron chi connectivity index (χ0n) is 15.6. The molecule has 3 heterocycles. The molecule has 1 saturated heterocycles. The molecule has 0 bridgehead atoms. The SMILES string of the molecule is Cc1nc(OCCCCCN2CCCCC2)cc(-c2ccncc2)n1.Cl. The number of ether oxygens (including phenoxy) is 1. The first-order chi connectivity index (χ1) is 12.3. The second kappa shape index (κ2) is 11.1. The highest BCUT2D eigenvalue weighted by atomic mass is 35.5. The first-order valence-electron chi connectivity index (χ1n) is 9.42. The fraction of sp³-hybridized carbons (Fsp3) is 0.550. The summed E-state index contributed by atoms with van der Waals surface area (Å²) in [6.07, 6.45) is 11.2. The van der Waals surface area contributed by atoms with Crippen molar-refractivity contribution in [3.8, 4) is 17.1 Å². The van der Waals surface area contributed by atoms with Gasteiger partial charge in [0.2, 0.25) is 5.88 Å². The Labute approximate surface area is 162 Å². The largest absolute Gasteiger partial charge is 0.478 e. The number of nitrogens with zero attached hydrogens (tertiary/aromatic N) is 4. The normalized spacial score (nSPS) is 14.7. The zero-order chi connectivity index (χ0) is 17.3. The van der Waals surface area contributed by atoms with Crippen LogP contribution in [0.5, 0.6) is 5.88 Å². The second-order valence-electron chi connectivity index (χ2n) is 6.69. The minimum absolute atomic E-state index is 0. The van der Waals surface area contributed by atoms with Crippen LogP contribution in [0.2, 0.25) is 0 Å². The highest BCUT2D eigenvalue weighted by Gasteiger charge is 2.09. The number of aryl methyl sites for hydroxylation is 1. The lowest BCUT2D eigenvalue weighted by atomic mass is 10.1. The molecule has 2 aromatic rings. The summed E-state index contributed by atoms with van der Waals surface area (Å²) in [5.74, 6) is 1.39. The number of halogens is 1. The highest BCUT2D eigenvalue weighted by molar-refractivity contribution is 5.85. The topological polar surface area (TPSA) is 51.1 Å². The number of hydrogen-bond acceptors (Lipinski definition) is 5. The van der Waals surface area contributed by atoms with Crippen LogP contribution in [0.3, 0.4) is 0 Å². The molecule has 6 heteroatoms. The summed E-state index contributed by atoms with van der Waals surface area (Å²) in [7, 11) is 0. The van der Waals surface area contributed by atoms with E-state index >= 15 is 0 Å². The number of unbranched alkanes of at least 4 members (excludes halogenated alkanes) is 2. The number of hydrogen-bond donors (Lipinski definition) is 0. The molecule has 0 saturated carbocycles. The maximum atomic E-state index is 5.86. The lowest BCUT2D eigenvalue weighted by molar-refractivity contribution is 0.220. The van der Waals surface area contributed by atoms with E-state index in [4.69, 9.17) is 4.74 Å². The van der Waals surface area contributed by atoms with E-state index in [-0.39, 0.29) is 12.4 Å². The van der Waals surface area contributed by atoms with Crippen molar-refractivity contribution in [1.29, 1.82) is 0 Å². The van der Waals surface area contributed by atoms with Gasteiger partial charge in [-0.25, -0.2) is 4.98 Å². The molecule has 3 rings (SSSR count). The van der Waals surface area contributed by atoms with E-state index in [1.807, 2.05) is 25.1 Å². The molecule has 1 aliphatic heterocycles. The van der Waals surface area contributed by atoms with Gasteiger partial charge in [-0.3, -0.25) is 4.98 Å². The van der Waals surface area contributed by atoms with Crippen molar-refractivity contribution >= 4 is 12.4 Å². The summed E-state index contributed by atoms with van der Waals surface area (Å²) in [5.41, 5.74) is 1.92. The molecule has 142 valence electrons.